The summed E-state index contributed by atoms with van der Waals surface area (Å²) in [5, 5.41) is 9.72. The van der Waals surface area contributed by atoms with Crippen LogP contribution in [0, 0.1) is 0 Å². The van der Waals surface area contributed by atoms with Crippen LogP contribution in [-0.4, -0.2) is 18.2 Å². The summed E-state index contributed by atoms with van der Waals surface area (Å²) in [6, 6.07) is 0.532. The lowest BCUT2D eigenvalue weighted by Gasteiger charge is -2.19. The molecule has 1 aromatic carbocycles. The maximum Gasteiger partial charge on any atom is 0.416 e. The van der Waals surface area contributed by atoms with Crippen LogP contribution in [0.1, 0.15) is 23.6 Å². The second-order valence-corrected chi connectivity index (χ2v) is 4.60. The van der Waals surface area contributed by atoms with Gasteiger partial charge < -0.3 is 15.6 Å². The number of aromatic hydroxyl groups is 1. The van der Waals surface area contributed by atoms with Gasteiger partial charge >= 0.3 is 12.1 Å². The number of rotatable bonds is 3. The van der Waals surface area contributed by atoms with E-state index >= 15 is 0 Å². The number of halogens is 4. The summed E-state index contributed by atoms with van der Waals surface area (Å²) in [6.45, 7) is 0. The molecule has 0 radical (unpaired) electrons. The number of carbonyl (C=O) groups is 1. The standard InChI is InChI=1S/C11H11BrF3NO3/c1-19-8(17)4-7(16)9-5(11(13,14)15)2-3-6(12)10(9)18/h2-3,7,18H,4,16H2,1H3/t7-/m1/s1. The number of nitrogens with two attached hydrogens (primary N) is 1. The molecule has 3 N–H and O–H groups in total. The van der Waals surface area contributed by atoms with Crippen molar-refractivity contribution in [2.24, 2.45) is 5.73 Å². The maximum absolute atomic E-state index is 12.8. The van der Waals surface area contributed by atoms with E-state index in [1.165, 1.54) is 0 Å². The van der Waals surface area contributed by atoms with Gasteiger partial charge in [-0.1, -0.05) is 0 Å². The average Bonchev–Trinajstić information content (AvgIpc) is 2.30. The van der Waals surface area contributed by atoms with Crippen LogP contribution < -0.4 is 5.73 Å². The minimum Gasteiger partial charge on any atom is -0.506 e. The molecule has 0 unspecified atom stereocenters. The van der Waals surface area contributed by atoms with E-state index in [1.807, 2.05) is 0 Å². The summed E-state index contributed by atoms with van der Waals surface area (Å²) in [5.74, 6) is -1.40. The third-order valence-corrected chi connectivity index (χ3v) is 3.10. The number of methoxy groups -OCH3 is 1. The lowest BCUT2D eigenvalue weighted by Crippen LogP contribution is -2.21. The van der Waals surface area contributed by atoms with Crippen LogP contribution in [-0.2, 0) is 15.7 Å². The van der Waals surface area contributed by atoms with Crippen molar-refractivity contribution in [2.45, 2.75) is 18.6 Å². The van der Waals surface area contributed by atoms with Crippen LogP contribution in [0.2, 0.25) is 0 Å². The molecule has 4 nitrogen and oxygen atoms in total. The van der Waals surface area contributed by atoms with Gasteiger partial charge in [-0.15, -0.1) is 0 Å². The fraction of sp³-hybridized carbons (Fsp3) is 0.364. The van der Waals surface area contributed by atoms with Crippen LogP contribution in [0.4, 0.5) is 13.2 Å². The number of ether oxygens (including phenoxy) is 1. The topological polar surface area (TPSA) is 72.5 Å². The van der Waals surface area contributed by atoms with E-state index in [2.05, 4.69) is 20.7 Å². The summed E-state index contributed by atoms with van der Waals surface area (Å²) in [7, 11) is 1.10. The Hall–Kier alpha value is -1.28. The van der Waals surface area contributed by atoms with Crippen LogP contribution in [0.25, 0.3) is 0 Å². The van der Waals surface area contributed by atoms with Gasteiger partial charge in [-0.3, -0.25) is 4.79 Å². The number of phenols is 1. The van der Waals surface area contributed by atoms with E-state index in [4.69, 9.17) is 5.73 Å². The summed E-state index contributed by atoms with van der Waals surface area (Å²) in [5.41, 5.74) is 3.94. The Labute approximate surface area is 115 Å². The number of hydrogen-bond acceptors (Lipinski definition) is 4. The molecule has 0 aromatic heterocycles. The SMILES string of the molecule is COC(=O)C[C@@H](N)c1c(C(F)(F)F)ccc(Br)c1O. The number of carbonyl (C=O) groups excluding carboxylic acids is 1. The second-order valence-electron chi connectivity index (χ2n) is 3.74. The van der Waals surface area contributed by atoms with Gasteiger partial charge in [-0.25, -0.2) is 0 Å². The Morgan fingerprint density at radius 1 is 1.53 bits per heavy atom. The fourth-order valence-electron chi connectivity index (χ4n) is 1.57. The van der Waals surface area contributed by atoms with E-state index in [9.17, 15) is 23.1 Å². The predicted octanol–water partition coefficient (Wildman–Crippen LogP) is 2.74. The van der Waals surface area contributed by atoms with Crippen LogP contribution in [0.3, 0.4) is 0 Å². The molecule has 19 heavy (non-hydrogen) atoms. The van der Waals surface area contributed by atoms with Crippen molar-refractivity contribution < 1.29 is 27.8 Å². The molecule has 0 aliphatic heterocycles. The molecule has 0 heterocycles. The molecule has 0 saturated carbocycles. The lowest BCUT2D eigenvalue weighted by atomic mass is 9.97. The molecule has 1 rings (SSSR count). The number of esters is 1. The van der Waals surface area contributed by atoms with Gasteiger partial charge in [0.1, 0.15) is 5.75 Å². The minimum absolute atomic E-state index is 0.0656. The molecule has 0 amide bonds. The molecular weight excluding hydrogens is 331 g/mol. The highest BCUT2D eigenvalue weighted by atomic mass is 79.9. The van der Waals surface area contributed by atoms with Crippen molar-refractivity contribution in [3.63, 3.8) is 0 Å². The summed E-state index contributed by atoms with van der Waals surface area (Å²) in [6.07, 6.45) is -5.15. The largest absolute Gasteiger partial charge is 0.506 e. The highest BCUT2D eigenvalue weighted by Crippen LogP contribution is 2.42. The molecule has 106 valence electrons. The molecule has 0 aliphatic rings. The van der Waals surface area contributed by atoms with E-state index < -0.39 is 41.5 Å². The quantitative estimate of drug-likeness (QED) is 0.829. The predicted molar refractivity (Wildman–Crippen MR) is 64.4 cm³/mol. The van der Waals surface area contributed by atoms with Gasteiger partial charge in [-0.05, 0) is 28.1 Å². The minimum atomic E-state index is -4.68. The first-order chi connectivity index (χ1) is 8.68. The molecule has 0 saturated heterocycles. The molecule has 1 aromatic rings. The Balaban J connectivity index is 3.30. The number of hydrogen-bond donors (Lipinski definition) is 2. The van der Waals surface area contributed by atoms with Crippen LogP contribution in [0.15, 0.2) is 16.6 Å². The highest BCUT2D eigenvalue weighted by Gasteiger charge is 2.37. The molecular formula is C11H11BrF3NO3. The number of phenolic OH excluding ortho intramolecular Hbond substituents is 1. The zero-order valence-corrected chi connectivity index (χ0v) is 11.4. The zero-order valence-electron chi connectivity index (χ0n) is 9.79. The van der Waals surface area contributed by atoms with Crippen molar-refractivity contribution in [1.29, 1.82) is 0 Å². The van der Waals surface area contributed by atoms with Crippen molar-refractivity contribution in [3.05, 3.63) is 27.7 Å². The van der Waals surface area contributed by atoms with Gasteiger partial charge in [0.05, 0.1) is 23.6 Å². The van der Waals surface area contributed by atoms with Gasteiger partial charge in [0.15, 0.2) is 0 Å². The summed E-state index contributed by atoms with van der Waals surface area (Å²) in [4.78, 5) is 11.1. The van der Waals surface area contributed by atoms with Crippen molar-refractivity contribution in [2.75, 3.05) is 7.11 Å². The van der Waals surface area contributed by atoms with Gasteiger partial charge in [0.2, 0.25) is 0 Å². The average molecular weight is 342 g/mol. The smallest absolute Gasteiger partial charge is 0.416 e. The van der Waals surface area contributed by atoms with Crippen LogP contribution >= 0.6 is 15.9 Å². The number of alkyl halides is 3. The van der Waals surface area contributed by atoms with Crippen molar-refractivity contribution in [3.8, 4) is 5.75 Å². The molecule has 0 bridgehead atoms. The van der Waals surface area contributed by atoms with E-state index in [-0.39, 0.29) is 4.47 Å². The second kappa shape index (κ2) is 5.79. The Kier molecular flexibility index (Phi) is 4.81. The monoisotopic (exact) mass is 341 g/mol. The maximum atomic E-state index is 12.8. The Morgan fingerprint density at radius 2 is 2.11 bits per heavy atom. The van der Waals surface area contributed by atoms with Gasteiger partial charge in [-0.2, -0.15) is 13.2 Å². The first-order valence-corrected chi connectivity index (χ1v) is 5.88. The normalized spacial score (nSPS) is 13.2. The third-order valence-electron chi connectivity index (χ3n) is 2.46. The number of benzene rings is 1. The van der Waals surface area contributed by atoms with Crippen molar-refractivity contribution in [1.82, 2.24) is 0 Å². The van der Waals surface area contributed by atoms with E-state index in [0.29, 0.717) is 0 Å². The van der Waals surface area contributed by atoms with Gasteiger partial charge in [0, 0.05) is 11.6 Å². The summed E-state index contributed by atoms with van der Waals surface area (Å²) < 4.78 is 42.9. The van der Waals surface area contributed by atoms with Gasteiger partial charge in [0.25, 0.3) is 0 Å². The molecule has 1 atom stereocenters. The van der Waals surface area contributed by atoms with Crippen LogP contribution in [0.5, 0.6) is 5.75 Å². The first-order valence-electron chi connectivity index (χ1n) is 5.09. The Bertz CT molecular complexity index is 491. The van der Waals surface area contributed by atoms with E-state index in [0.717, 1.165) is 19.2 Å². The third kappa shape index (κ3) is 3.60. The lowest BCUT2D eigenvalue weighted by molar-refractivity contribution is -0.142. The first kappa shape index (κ1) is 15.8. The van der Waals surface area contributed by atoms with Crippen molar-refractivity contribution >= 4 is 21.9 Å². The molecule has 0 spiro atoms. The Morgan fingerprint density at radius 3 is 2.58 bits per heavy atom. The summed E-state index contributed by atoms with van der Waals surface area (Å²) >= 11 is 2.91. The fourth-order valence-corrected chi connectivity index (χ4v) is 1.91. The molecule has 8 heteroatoms. The van der Waals surface area contributed by atoms with E-state index in [1.54, 1.807) is 0 Å². The molecule has 0 aliphatic carbocycles. The highest BCUT2D eigenvalue weighted by molar-refractivity contribution is 9.10. The molecule has 0 fully saturated rings. The zero-order chi connectivity index (χ0) is 14.8.